The molecule has 0 saturated heterocycles. The van der Waals surface area contributed by atoms with Crippen molar-refractivity contribution >= 4 is 23.5 Å². The standard InChI is InChI=1S/C17H19NO4S/c1-3-21-15-9-13(10-19)6-7-14(15)22-11-17(20)18-12(2)16-5-4-8-23-16/h4-10,12H,3,11H2,1-2H3,(H,18,20)/t12-/m0/s1. The second-order valence-corrected chi connectivity index (χ2v) is 5.83. The molecule has 1 amide bonds. The summed E-state index contributed by atoms with van der Waals surface area (Å²) in [5.41, 5.74) is 0.497. The molecule has 5 nitrogen and oxygen atoms in total. The van der Waals surface area contributed by atoms with Gasteiger partial charge in [0.25, 0.3) is 5.91 Å². The molecule has 2 aromatic rings. The molecule has 0 saturated carbocycles. The molecule has 0 aliphatic rings. The van der Waals surface area contributed by atoms with Crippen LogP contribution in [0, 0.1) is 0 Å². The molecule has 122 valence electrons. The monoisotopic (exact) mass is 333 g/mol. The molecule has 0 bridgehead atoms. The zero-order chi connectivity index (χ0) is 16.7. The van der Waals surface area contributed by atoms with E-state index in [0.717, 1.165) is 11.2 Å². The predicted molar refractivity (Wildman–Crippen MR) is 89.4 cm³/mol. The van der Waals surface area contributed by atoms with Gasteiger partial charge in [-0.15, -0.1) is 11.3 Å². The largest absolute Gasteiger partial charge is 0.490 e. The Morgan fingerprint density at radius 3 is 2.78 bits per heavy atom. The van der Waals surface area contributed by atoms with Gasteiger partial charge in [-0.3, -0.25) is 9.59 Å². The average molecular weight is 333 g/mol. The second-order valence-electron chi connectivity index (χ2n) is 4.85. The molecule has 2 rings (SSSR count). The summed E-state index contributed by atoms with van der Waals surface area (Å²) < 4.78 is 11.0. The van der Waals surface area contributed by atoms with Gasteiger partial charge in [-0.25, -0.2) is 0 Å². The van der Waals surface area contributed by atoms with Crippen LogP contribution in [0.2, 0.25) is 0 Å². The predicted octanol–water partition coefficient (Wildman–Crippen LogP) is 3.22. The molecular formula is C17H19NO4S. The van der Waals surface area contributed by atoms with Crippen LogP contribution >= 0.6 is 11.3 Å². The smallest absolute Gasteiger partial charge is 0.258 e. The van der Waals surface area contributed by atoms with Crippen LogP contribution in [-0.4, -0.2) is 25.4 Å². The van der Waals surface area contributed by atoms with Crippen molar-refractivity contribution in [1.82, 2.24) is 5.32 Å². The zero-order valence-electron chi connectivity index (χ0n) is 13.1. The SMILES string of the molecule is CCOc1cc(C=O)ccc1OCC(=O)N[C@@H](C)c1cccs1. The van der Waals surface area contributed by atoms with Gasteiger partial charge in [-0.2, -0.15) is 0 Å². The van der Waals surface area contributed by atoms with Crippen LogP contribution in [0.15, 0.2) is 35.7 Å². The minimum Gasteiger partial charge on any atom is -0.490 e. The highest BCUT2D eigenvalue weighted by Gasteiger charge is 2.12. The quantitative estimate of drug-likeness (QED) is 0.753. The second kappa shape index (κ2) is 8.33. The highest BCUT2D eigenvalue weighted by molar-refractivity contribution is 7.10. The van der Waals surface area contributed by atoms with Crippen LogP contribution in [0.4, 0.5) is 0 Å². The van der Waals surface area contributed by atoms with Crippen molar-refractivity contribution in [3.8, 4) is 11.5 Å². The van der Waals surface area contributed by atoms with E-state index in [2.05, 4.69) is 5.32 Å². The fourth-order valence-electron chi connectivity index (χ4n) is 2.02. The number of ether oxygens (including phenoxy) is 2. The van der Waals surface area contributed by atoms with E-state index in [9.17, 15) is 9.59 Å². The topological polar surface area (TPSA) is 64.6 Å². The number of carbonyl (C=O) groups excluding carboxylic acids is 2. The minimum atomic E-state index is -0.215. The fourth-order valence-corrected chi connectivity index (χ4v) is 2.76. The van der Waals surface area contributed by atoms with Gasteiger partial charge >= 0.3 is 0 Å². The zero-order valence-corrected chi connectivity index (χ0v) is 13.9. The number of amides is 1. The number of carbonyl (C=O) groups is 2. The molecule has 1 heterocycles. The van der Waals surface area contributed by atoms with Gasteiger partial charge in [-0.05, 0) is 43.5 Å². The average Bonchev–Trinajstić information content (AvgIpc) is 3.08. The summed E-state index contributed by atoms with van der Waals surface area (Å²) in [5, 5.41) is 4.85. The van der Waals surface area contributed by atoms with E-state index >= 15 is 0 Å². The van der Waals surface area contributed by atoms with Gasteiger partial charge in [0.1, 0.15) is 6.29 Å². The summed E-state index contributed by atoms with van der Waals surface area (Å²) in [6.07, 6.45) is 0.738. The van der Waals surface area contributed by atoms with Gasteiger partial charge in [0, 0.05) is 10.4 Å². The van der Waals surface area contributed by atoms with Crippen molar-refractivity contribution in [3.05, 3.63) is 46.2 Å². The van der Waals surface area contributed by atoms with Crippen LogP contribution in [0.5, 0.6) is 11.5 Å². The molecule has 0 aliphatic heterocycles. The van der Waals surface area contributed by atoms with E-state index in [0.29, 0.717) is 23.7 Å². The Morgan fingerprint density at radius 1 is 1.30 bits per heavy atom. The van der Waals surface area contributed by atoms with Gasteiger partial charge in [0.2, 0.25) is 0 Å². The first-order valence-corrected chi connectivity index (χ1v) is 8.19. The molecule has 0 spiro atoms. The van der Waals surface area contributed by atoms with E-state index in [1.807, 2.05) is 31.4 Å². The highest BCUT2D eigenvalue weighted by atomic mass is 32.1. The van der Waals surface area contributed by atoms with Crippen molar-refractivity contribution in [2.75, 3.05) is 13.2 Å². The van der Waals surface area contributed by atoms with Gasteiger partial charge in [0.05, 0.1) is 12.6 Å². The summed E-state index contributed by atoms with van der Waals surface area (Å²) >= 11 is 1.59. The number of thiophene rings is 1. The molecule has 0 fully saturated rings. The number of rotatable bonds is 8. The van der Waals surface area contributed by atoms with Crippen molar-refractivity contribution in [3.63, 3.8) is 0 Å². The van der Waals surface area contributed by atoms with E-state index in [4.69, 9.17) is 9.47 Å². The van der Waals surface area contributed by atoms with Crippen molar-refractivity contribution in [1.29, 1.82) is 0 Å². The third kappa shape index (κ3) is 4.82. The van der Waals surface area contributed by atoms with Gasteiger partial charge < -0.3 is 14.8 Å². The third-order valence-corrected chi connectivity index (χ3v) is 4.16. The lowest BCUT2D eigenvalue weighted by molar-refractivity contribution is -0.123. The van der Waals surface area contributed by atoms with Gasteiger partial charge in [-0.1, -0.05) is 6.07 Å². The lowest BCUT2D eigenvalue weighted by Gasteiger charge is -2.14. The van der Waals surface area contributed by atoms with Crippen LogP contribution in [0.25, 0.3) is 0 Å². The van der Waals surface area contributed by atoms with Crippen LogP contribution < -0.4 is 14.8 Å². The number of hydrogen-bond acceptors (Lipinski definition) is 5. The molecule has 0 unspecified atom stereocenters. The Balaban J connectivity index is 1.94. The Morgan fingerprint density at radius 2 is 2.13 bits per heavy atom. The summed E-state index contributed by atoms with van der Waals surface area (Å²) in [6.45, 7) is 4.09. The van der Waals surface area contributed by atoms with Crippen LogP contribution in [-0.2, 0) is 4.79 Å². The summed E-state index contributed by atoms with van der Waals surface area (Å²) in [4.78, 5) is 23.9. The molecular weight excluding hydrogens is 314 g/mol. The van der Waals surface area contributed by atoms with E-state index in [1.165, 1.54) is 0 Å². The molecule has 0 radical (unpaired) electrons. The summed E-state index contributed by atoms with van der Waals surface area (Å²) in [6, 6.07) is 8.71. The first-order valence-electron chi connectivity index (χ1n) is 7.31. The van der Waals surface area contributed by atoms with E-state index < -0.39 is 0 Å². The highest BCUT2D eigenvalue weighted by Crippen LogP contribution is 2.28. The summed E-state index contributed by atoms with van der Waals surface area (Å²) in [5.74, 6) is 0.681. The molecule has 1 N–H and O–H groups in total. The molecule has 1 aromatic carbocycles. The molecule has 0 aliphatic carbocycles. The van der Waals surface area contributed by atoms with Crippen molar-refractivity contribution in [2.45, 2.75) is 19.9 Å². The minimum absolute atomic E-state index is 0.0603. The Kier molecular flexibility index (Phi) is 6.17. The van der Waals surface area contributed by atoms with Crippen LogP contribution in [0.1, 0.15) is 35.1 Å². The Bertz CT molecular complexity index is 655. The maximum Gasteiger partial charge on any atom is 0.258 e. The molecule has 23 heavy (non-hydrogen) atoms. The number of aldehydes is 1. The normalized spacial score (nSPS) is 11.6. The maximum atomic E-state index is 12.0. The first-order chi connectivity index (χ1) is 11.1. The van der Waals surface area contributed by atoms with E-state index in [1.54, 1.807) is 29.5 Å². The Labute approximate surface area is 139 Å². The van der Waals surface area contributed by atoms with Crippen molar-refractivity contribution in [2.24, 2.45) is 0 Å². The molecule has 1 aromatic heterocycles. The maximum absolute atomic E-state index is 12.0. The van der Waals surface area contributed by atoms with Crippen molar-refractivity contribution < 1.29 is 19.1 Å². The Hall–Kier alpha value is -2.34. The number of nitrogens with one attached hydrogen (secondary N) is 1. The lowest BCUT2D eigenvalue weighted by Crippen LogP contribution is -2.30. The third-order valence-electron chi connectivity index (χ3n) is 3.11. The summed E-state index contributed by atoms with van der Waals surface area (Å²) in [7, 11) is 0. The van der Waals surface area contributed by atoms with Crippen LogP contribution in [0.3, 0.4) is 0 Å². The molecule has 1 atom stereocenters. The molecule has 6 heteroatoms. The first kappa shape index (κ1) is 17.0. The van der Waals surface area contributed by atoms with Gasteiger partial charge in [0.15, 0.2) is 18.1 Å². The number of benzene rings is 1. The lowest BCUT2D eigenvalue weighted by atomic mass is 10.2. The fraction of sp³-hybridized carbons (Fsp3) is 0.294. The number of hydrogen-bond donors (Lipinski definition) is 1. The van der Waals surface area contributed by atoms with E-state index in [-0.39, 0.29) is 18.6 Å².